The predicted molar refractivity (Wildman–Crippen MR) is 90.6 cm³/mol. The van der Waals surface area contributed by atoms with E-state index in [-0.39, 0.29) is 11.8 Å². The molecule has 2 aromatic rings. The first-order valence-electron chi connectivity index (χ1n) is 7.57. The Bertz CT molecular complexity index is 701. The van der Waals surface area contributed by atoms with Crippen LogP contribution < -0.4 is 5.32 Å². The summed E-state index contributed by atoms with van der Waals surface area (Å²) in [6.45, 7) is 0.604. The van der Waals surface area contributed by atoms with Crippen LogP contribution in [0.4, 0.5) is 5.69 Å². The molecule has 1 N–H and O–H groups in total. The highest BCUT2D eigenvalue weighted by atomic mass is 35.5. The number of hydrogen-bond acceptors (Lipinski definition) is 2. The minimum absolute atomic E-state index is 0.0978. The second-order valence-corrected chi connectivity index (χ2v) is 5.96. The number of nitrogens with one attached hydrogen (secondary N) is 1. The lowest BCUT2D eigenvalue weighted by Gasteiger charge is -2.24. The lowest BCUT2D eigenvalue weighted by Crippen LogP contribution is -2.43. The third-order valence-electron chi connectivity index (χ3n) is 3.95. The third kappa shape index (κ3) is 3.54. The molecule has 1 fully saturated rings. The molecule has 2 amide bonds. The average Bonchev–Trinajstić information content (AvgIpc) is 3.07. The first-order valence-corrected chi connectivity index (χ1v) is 7.95. The lowest BCUT2D eigenvalue weighted by molar-refractivity contribution is -0.119. The van der Waals surface area contributed by atoms with Gasteiger partial charge in [0.05, 0.1) is 0 Å². The highest BCUT2D eigenvalue weighted by Crippen LogP contribution is 2.22. The number of rotatable bonds is 3. The molecule has 1 atom stereocenters. The van der Waals surface area contributed by atoms with E-state index < -0.39 is 6.04 Å². The summed E-state index contributed by atoms with van der Waals surface area (Å²) in [5.41, 5.74) is 1.29. The quantitative estimate of drug-likeness (QED) is 0.936. The van der Waals surface area contributed by atoms with Gasteiger partial charge in [-0.25, -0.2) is 0 Å². The van der Waals surface area contributed by atoms with E-state index >= 15 is 0 Å². The van der Waals surface area contributed by atoms with Crippen LogP contribution in [-0.2, 0) is 4.79 Å². The average molecular weight is 329 g/mol. The Morgan fingerprint density at radius 1 is 1.04 bits per heavy atom. The third-order valence-corrected chi connectivity index (χ3v) is 4.20. The monoisotopic (exact) mass is 328 g/mol. The molecule has 0 aliphatic carbocycles. The van der Waals surface area contributed by atoms with E-state index in [9.17, 15) is 9.59 Å². The molecule has 5 heteroatoms. The topological polar surface area (TPSA) is 49.4 Å². The maximum Gasteiger partial charge on any atom is 0.254 e. The summed E-state index contributed by atoms with van der Waals surface area (Å²) in [5, 5.41) is 3.47. The molecule has 0 saturated carbocycles. The van der Waals surface area contributed by atoms with Gasteiger partial charge in [0.15, 0.2) is 0 Å². The molecule has 1 aliphatic heterocycles. The number of amides is 2. The standard InChI is InChI=1S/C18H17ClN2O2/c19-14-8-10-15(11-9-14)20-17(22)16-7-4-12-21(16)18(23)13-5-2-1-3-6-13/h1-3,5-6,8-11,16H,4,7,12H2,(H,20,22). The van der Waals surface area contributed by atoms with Crippen molar-refractivity contribution in [2.75, 3.05) is 11.9 Å². The second kappa shape index (κ2) is 6.84. The largest absolute Gasteiger partial charge is 0.327 e. The van der Waals surface area contributed by atoms with E-state index in [2.05, 4.69) is 5.32 Å². The molecule has 1 heterocycles. The van der Waals surface area contributed by atoms with Crippen molar-refractivity contribution in [3.8, 4) is 0 Å². The van der Waals surface area contributed by atoms with E-state index in [4.69, 9.17) is 11.6 Å². The first-order chi connectivity index (χ1) is 11.1. The number of benzene rings is 2. The fourth-order valence-corrected chi connectivity index (χ4v) is 2.91. The van der Waals surface area contributed by atoms with Crippen molar-refractivity contribution in [1.82, 2.24) is 4.90 Å². The molecular formula is C18H17ClN2O2. The molecule has 3 rings (SSSR count). The van der Waals surface area contributed by atoms with Crippen molar-refractivity contribution < 1.29 is 9.59 Å². The number of halogens is 1. The molecular weight excluding hydrogens is 312 g/mol. The predicted octanol–water partition coefficient (Wildman–Crippen LogP) is 3.58. The molecule has 1 unspecified atom stereocenters. The van der Waals surface area contributed by atoms with Gasteiger partial charge in [-0.05, 0) is 49.2 Å². The number of anilines is 1. The maximum absolute atomic E-state index is 12.6. The number of carbonyl (C=O) groups is 2. The van der Waals surface area contributed by atoms with Gasteiger partial charge in [-0.15, -0.1) is 0 Å². The SMILES string of the molecule is O=C(Nc1ccc(Cl)cc1)C1CCCN1C(=O)c1ccccc1. The van der Waals surface area contributed by atoms with Gasteiger partial charge < -0.3 is 10.2 Å². The Labute approximate surface area is 140 Å². The second-order valence-electron chi connectivity index (χ2n) is 5.52. The van der Waals surface area contributed by atoms with Crippen LogP contribution in [0.2, 0.25) is 5.02 Å². The molecule has 0 aromatic heterocycles. The lowest BCUT2D eigenvalue weighted by atomic mass is 10.1. The van der Waals surface area contributed by atoms with Crippen LogP contribution in [0.5, 0.6) is 0 Å². The smallest absolute Gasteiger partial charge is 0.254 e. The zero-order valence-corrected chi connectivity index (χ0v) is 13.3. The van der Waals surface area contributed by atoms with Crippen molar-refractivity contribution in [3.63, 3.8) is 0 Å². The molecule has 2 aromatic carbocycles. The van der Waals surface area contributed by atoms with Crippen LogP contribution in [0, 0.1) is 0 Å². The summed E-state index contributed by atoms with van der Waals surface area (Å²) in [5.74, 6) is -0.256. The van der Waals surface area contributed by atoms with Crippen LogP contribution in [0.25, 0.3) is 0 Å². The fourth-order valence-electron chi connectivity index (χ4n) is 2.79. The van der Waals surface area contributed by atoms with Crippen molar-refractivity contribution in [2.24, 2.45) is 0 Å². The molecule has 118 valence electrons. The molecule has 4 nitrogen and oxygen atoms in total. The summed E-state index contributed by atoms with van der Waals surface area (Å²) in [6.07, 6.45) is 1.51. The fraction of sp³-hybridized carbons (Fsp3) is 0.222. The summed E-state index contributed by atoms with van der Waals surface area (Å²) in [6, 6.07) is 15.6. The van der Waals surface area contributed by atoms with Gasteiger partial charge in [-0.2, -0.15) is 0 Å². The first kappa shape index (κ1) is 15.6. The van der Waals surface area contributed by atoms with Crippen molar-refractivity contribution in [3.05, 3.63) is 65.2 Å². The summed E-state index contributed by atoms with van der Waals surface area (Å²) < 4.78 is 0. The van der Waals surface area contributed by atoms with Gasteiger partial charge in [0.2, 0.25) is 5.91 Å². The van der Waals surface area contributed by atoms with Gasteiger partial charge >= 0.3 is 0 Å². The Hall–Kier alpha value is -2.33. The van der Waals surface area contributed by atoms with Crippen LogP contribution in [0.1, 0.15) is 23.2 Å². The van der Waals surface area contributed by atoms with Crippen LogP contribution in [-0.4, -0.2) is 29.3 Å². The van der Waals surface area contributed by atoms with Gasteiger partial charge in [-0.3, -0.25) is 9.59 Å². The van der Waals surface area contributed by atoms with Gasteiger partial charge in [0, 0.05) is 22.8 Å². The molecule has 1 saturated heterocycles. The van der Waals surface area contributed by atoms with E-state index in [1.807, 2.05) is 18.2 Å². The maximum atomic E-state index is 12.6. The van der Waals surface area contributed by atoms with Crippen LogP contribution >= 0.6 is 11.6 Å². The number of carbonyl (C=O) groups excluding carboxylic acids is 2. The Morgan fingerprint density at radius 2 is 1.74 bits per heavy atom. The molecule has 0 bridgehead atoms. The van der Waals surface area contributed by atoms with Crippen molar-refractivity contribution in [2.45, 2.75) is 18.9 Å². The number of likely N-dealkylation sites (tertiary alicyclic amines) is 1. The highest BCUT2D eigenvalue weighted by Gasteiger charge is 2.34. The van der Waals surface area contributed by atoms with E-state index in [0.29, 0.717) is 29.2 Å². The van der Waals surface area contributed by atoms with E-state index in [1.54, 1.807) is 41.3 Å². The summed E-state index contributed by atoms with van der Waals surface area (Å²) in [4.78, 5) is 26.7. The zero-order chi connectivity index (χ0) is 16.2. The van der Waals surface area contributed by atoms with Gasteiger partial charge in [0.25, 0.3) is 5.91 Å². The summed E-state index contributed by atoms with van der Waals surface area (Å²) >= 11 is 5.84. The Balaban J connectivity index is 1.72. The van der Waals surface area contributed by atoms with Crippen molar-refractivity contribution in [1.29, 1.82) is 0 Å². The Kier molecular flexibility index (Phi) is 4.63. The van der Waals surface area contributed by atoms with E-state index in [0.717, 1.165) is 6.42 Å². The summed E-state index contributed by atoms with van der Waals surface area (Å²) in [7, 11) is 0. The van der Waals surface area contributed by atoms with Crippen molar-refractivity contribution >= 4 is 29.1 Å². The van der Waals surface area contributed by atoms with Gasteiger partial charge in [-0.1, -0.05) is 29.8 Å². The minimum Gasteiger partial charge on any atom is -0.327 e. The van der Waals surface area contributed by atoms with Crippen LogP contribution in [0.15, 0.2) is 54.6 Å². The van der Waals surface area contributed by atoms with Gasteiger partial charge in [0.1, 0.15) is 6.04 Å². The number of nitrogens with zero attached hydrogens (tertiary/aromatic N) is 1. The normalized spacial score (nSPS) is 17.1. The Morgan fingerprint density at radius 3 is 2.43 bits per heavy atom. The molecule has 1 aliphatic rings. The zero-order valence-electron chi connectivity index (χ0n) is 12.5. The number of hydrogen-bond donors (Lipinski definition) is 1. The highest BCUT2D eigenvalue weighted by molar-refractivity contribution is 6.30. The molecule has 23 heavy (non-hydrogen) atoms. The molecule has 0 radical (unpaired) electrons. The molecule has 0 spiro atoms. The minimum atomic E-state index is -0.432. The van der Waals surface area contributed by atoms with Crippen LogP contribution in [0.3, 0.4) is 0 Å². The van der Waals surface area contributed by atoms with E-state index in [1.165, 1.54) is 0 Å².